The fraction of sp³-hybridized carbons (Fsp3) is 0.556. The molecule has 172 valence electrons. The maximum Gasteiger partial charge on any atom is 0.161 e. The van der Waals surface area contributed by atoms with Crippen molar-refractivity contribution < 1.29 is 9.47 Å². The summed E-state index contributed by atoms with van der Waals surface area (Å²) in [5.41, 5.74) is 3.65. The Balaban J connectivity index is 1.77. The Morgan fingerprint density at radius 1 is 0.871 bits per heavy atom. The number of nitrogens with one attached hydrogen (secondary N) is 1. The number of unbranched alkanes of at least 4 members (excludes halogenated alkanes) is 2. The van der Waals surface area contributed by atoms with Gasteiger partial charge in [0.1, 0.15) is 6.61 Å². The summed E-state index contributed by atoms with van der Waals surface area (Å²) in [6.45, 7) is 12.7. The monoisotopic (exact) mass is 426 g/mol. The Kier molecular flexibility index (Phi) is 12.1. The average molecular weight is 427 g/mol. The van der Waals surface area contributed by atoms with Crippen LogP contribution in [0.4, 0.5) is 0 Å². The molecular formula is C27H42N2O2. The van der Waals surface area contributed by atoms with E-state index in [0.29, 0.717) is 6.61 Å². The van der Waals surface area contributed by atoms with Crippen LogP contribution in [0.5, 0.6) is 11.5 Å². The largest absolute Gasteiger partial charge is 0.493 e. The van der Waals surface area contributed by atoms with Crippen LogP contribution in [0, 0.1) is 6.92 Å². The minimum atomic E-state index is 0.549. The van der Waals surface area contributed by atoms with Gasteiger partial charge in [0.05, 0.1) is 7.11 Å². The SMILES string of the molecule is CCCCN(CCCC)CCCNCc1ccc(OCc2ccccc2C)c(OC)c1. The molecule has 0 heterocycles. The summed E-state index contributed by atoms with van der Waals surface area (Å²) in [5, 5.41) is 3.58. The van der Waals surface area contributed by atoms with Gasteiger partial charge < -0.3 is 19.7 Å². The third-order valence-corrected chi connectivity index (χ3v) is 5.69. The molecule has 0 saturated heterocycles. The normalized spacial score (nSPS) is 11.1. The van der Waals surface area contributed by atoms with E-state index in [1.165, 1.54) is 68.4 Å². The lowest BCUT2D eigenvalue weighted by Gasteiger charge is -2.22. The van der Waals surface area contributed by atoms with Gasteiger partial charge in [0, 0.05) is 6.54 Å². The summed E-state index contributed by atoms with van der Waals surface area (Å²) in [4.78, 5) is 2.62. The van der Waals surface area contributed by atoms with Gasteiger partial charge in [0.15, 0.2) is 11.5 Å². The van der Waals surface area contributed by atoms with Crippen LogP contribution in [0.1, 0.15) is 62.6 Å². The Hall–Kier alpha value is -2.04. The fourth-order valence-corrected chi connectivity index (χ4v) is 3.63. The predicted molar refractivity (Wildman–Crippen MR) is 131 cm³/mol. The third-order valence-electron chi connectivity index (χ3n) is 5.69. The smallest absolute Gasteiger partial charge is 0.161 e. The van der Waals surface area contributed by atoms with Gasteiger partial charge in [-0.15, -0.1) is 0 Å². The summed E-state index contributed by atoms with van der Waals surface area (Å²) in [6, 6.07) is 14.5. The van der Waals surface area contributed by atoms with Crippen molar-refractivity contribution in [3.8, 4) is 11.5 Å². The maximum atomic E-state index is 6.03. The molecule has 0 aromatic heterocycles. The molecule has 0 bridgehead atoms. The first kappa shape index (κ1) is 25.2. The molecule has 0 aliphatic rings. The second-order valence-electron chi connectivity index (χ2n) is 8.28. The van der Waals surface area contributed by atoms with E-state index in [2.05, 4.69) is 61.3 Å². The minimum absolute atomic E-state index is 0.549. The molecule has 0 atom stereocenters. The van der Waals surface area contributed by atoms with Gasteiger partial charge in [-0.2, -0.15) is 0 Å². The van der Waals surface area contributed by atoms with Gasteiger partial charge >= 0.3 is 0 Å². The summed E-state index contributed by atoms with van der Waals surface area (Å²) in [6.07, 6.45) is 6.33. The molecule has 0 radical (unpaired) electrons. The van der Waals surface area contributed by atoms with Crippen molar-refractivity contribution in [2.75, 3.05) is 33.3 Å². The molecule has 0 unspecified atom stereocenters. The van der Waals surface area contributed by atoms with Gasteiger partial charge in [0.25, 0.3) is 0 Å². The molecule has 0 saturated carbocycles. The van der Waals surface area contributed by atoms with E-state index < -0.39 is 0 Å². The van der Waals surface area contributed by atoms with E-state index in [1.54, 1.807) is 7.11 Å². The average Bonchev–Trinajstić information content (AvgIpc) is 2.79. The Morgan fingerprint density at radius 3 is 2.26 bits per heavy atom. The molecule has 1 N–H and O–H groups in total. The minimum Gasteiger partial charge on any atom is -0.493 e. The summed E-state index contributed by atoms with van der Waals surface area (Å²) >= 11 is 0. The number of benzene rings is 2. The van der Waals surface area contributed by atoms with Crippen molar-refractivity contribution in [1.82, 2.24) is 10.2 Å². The van der Waals surface area contributed by atoms with Crippen LogP contribution in [-0.2, 0) is 13.2 Å². The van der Waals surface area contributed by atoms with Gasteiger partial charge in [0.2, 0.25) is 0 Å². The zero-order chi connectivity index (χ0) is 22.3. The highest BCUT2D eigenvalue weighted by atomic mass is 16.5. The highest BCUT2D eigenvalue weighted by Crippen LogP contribution is 2.29. The molecule has 0 aliphatic heterocycles. The standard InChI is InChI=1S/C27H42N2O2/c1-5-7-17-29(18-8-6-2)19-11-16-28-21-24-14-15-26(27(20-24)30-4)31-22-25-13-10-9-12-23(25)3/h9-10,12-15,20,28H,5-8,11,16-19,21-22H2,1-4H3. The van der Waals surface area contributed by atoms with E-state index in [0.717, 1.165) is 24.6 Å². The number of hydrogen-bond donors (Lipinski definition) is 1. The van der Waals surface area contributed by atoms with E-state index in [4.69, 9.17) is 9.47 Å². The molecule has 2 rings (SSSR count). The zero-order valence-electron chi connectivity index (χ0n) is 20.1. The van der Waals surface area contributed by atoms with Crippen LogP contribution >= 0.6 is 0 Å². The quantitative estimate of drug-likeness (QED) is 0.336. The van der Waals surface area contributed by atoms with E-state index in [-0.39, 0.29) is 0 Å². The van der Waals surface area contributed by atoms with Gasteiger partial charge in [-0.1, -0.05) is 57.0 Å². The van der Waals surface area contributed by atoms with Crippen LogP contribution in [-0.4, -0.2) is 38.2 Å². The summed E-state index contributed by atoms with van der Waals surface area (Å²) in [7, 11) is 1.70. The van der Waals surface area contributed by atoms with E-state index in [9.17, 15) is 0 Å². The second kappa shape index (κ2) is 14.9. The predicted octanol–water partition coefficient (Wildman–Crippen LogP) is 5.96. The zero-order valence-corrected chi connectivity index (χ0v) is 20.1. The van der Waals surface area contributed by atoms with Crippen LogP contribution in [0.2, 0.25) is 0 Å². The van der Waals surface area contributed by atoms with Crippen molar-refractivity contribution in [2.24, 2.45) is 0 Å². The Labute approximate surface area is 189 Å². The topological polar surface area (TPSA) is 33.7 Å². The Bertz CT molecular complexity index is 740. The first-order valence-electron chi connectivity index (χ1n) is 11.9. The van der Waals surface area contributed by atoms with Crippen LogP contribution < -0.4 is 14.8 Å². The third kappa shape index (κ3) is 9.32. The van der Waals surface area contributed by atoms with Gasteiger partial charge in [-0.3, -0.25) is 0 Å². The van der Waals surface area contributed by atoms with Gasteiger partial charge in [-0.25, -0.2) is 0 Å². The summed E-state index contributed by atoms with van der Waals surface area (Å²) < 4.78 is 11.6. The van der Waals surface area contributed by atoms with Crippen LogP contribution in [0.25, 0.3) is 0 Å². The molecule has 0 aliphatic carbocycles. The van der Waals surface area contributed by atoms with Crippen molar-refractivity contribution in [1.29, 1.82) is 0 Å². The lowest BCUT2D eigenvalue weighted by molar-refractivity contribution is 0.261. The van der Waals surface area contributed by atoms with E-state index in [1.807, 2.05) is 12.1 Å². The van der Waals surface area contributed by atoms with Crippen LogP contribution in [0.3, 0.4) is 0 Å². The molecule has 31 heavy (non-hydrogen) atoms. The number of nitrogens with zero attached hydrogens (tertiary/aromatic N) is 1. The van der Waals surface area contributed by atoms with Crippen molar-refractivity contribution >= 4 is 0 Å². The number of hydrogen-bond acceptors (Lipinski definition) is 4. The molecule has 2 aromatic rings. The number of ether oxygens (including phenoxy) is 2. The number of aryl methyl sites for hydroxylation is 1. The van der Waals surface area contributed by atoms with Crippen molar-refractivity contribution in [3.63, 3.8) is 0 Å². The molecule has 4 nitrogen and oxygen atoms in total. The summed E-state index contributed by atoms with van der Waals surface area (Å²) in [5.74, 6) is 1.58. The second-order valence-corrected chi connectivity index (χ2v) is 8.28. The Morgan fingerprint density at radius 2 is 1.58 bits per heavy atom. The van der Waals surface area contributed by atoms with E-state index >= 15 is 0 Å². The number of rotatable bonds is 16. The lowest BCUT2D eigenvalue weighted by Crippen LogP contribution is -2.29. The van der Waals surface area contributed by atoms with Gasteiger partial charge in [-0.05, 0) is 81.2 Å². The first-order chi connectivity index (χ1) is 15.2. The van der Waals surface area contributed by atoms with Crippen LogP contribution in [0.15, 0.2) is 42.5 Å². The molecule has 4 heteroatoms. The molecule has 2 aromatic carbocycles. The molecule has 0 spiro atoms. The number of methoxy groups -OCH3 is 1. The highest BCUT2D eigenvalue weighted by molar-refractivity contribution is 5.43. The fourth-order valence-electron chi connectivity index (χ4n) is 3.63. The maximum absolute atomic E-state index is 6.03. The lowest BCUT2D eigenvalue weighted by atomic mass is 10.1. The first-order valence-corrected chi connectivity index (χ1v) is 11.9. The highest BCUT2D eigenvalue weighted by Gasteiger charge is 2.08. The van der Waals surface area contributed by atoms with Crippen molar-refractivity contribution in [3.05, 3.63) is 59.2 Å². The molecule has 0 amide bonds. The molecule has 0 fully saturated rings. The molecular weight excluding hydrogens is 384 g/mol. The van der Waals surface area contributed by atoms with Crippen molar-refractivity contribution in [2.45, 2.75) is 66.0 Å².